The molecule has 2 rings (SSSR count). The van der Waals surface area contributed by atoms with Crippen LogP contribution in [0, 0.1) is 13.8 Å². The van der Waals surface area contributed by atoms with E-state index < -0.39 is 0 Å². The van der Waals surface area contributed by atoms with Crippen molar-refractivity contribution in [1.29, 1.82) is 0 Å². The van der Waals surface area contributed by atoms with Gasteiger partial charge < -0.3 is 10.1 Å². The van der Waals surface area contributed by atoms with E-state index in [-0.39, 0.29) is 0 Å². The Morgan fingerprint density at radius 1 is 1.14 bits per heavy atom. The van der Waals surface area contributed by atoms with Crippen LogP contribution in [-0.2, 0) is 6.54 Å². The highest BCUT2D eigenvalue weighted by Crippen LogP contribution is 2.28. The number of ether oxygens (including phenoxy) is 1. The number of hydrogen-bond acceptors (Lipinski definition) is 4. The summed E-state index contributed by atoms with van der Waals surface area (Å²) >= 11 is 3.55. The topological polar surface area (TPSA) is 47.0 Å². The van der Waals surface area contributed by atoms with Gasteiger partial charge in [0.25, 0.3) is 0 Å². The Balaban J connectivity index is 2.03. The van der Waals surface area contributed by atoms with E-state index in [0.29, 0.717) is 5.88 Å². The third-order valence-electron chi connectivity index (χ3n) is 3.05. The molecule has 0 fully saturated rings. The quantitative estimate of drug-likeness (QED) is 0.795. The Morgan fingerprint density at radius 2 is 1.86 bits per heavy atom. The number of aromatic nitrogens is 2. The summed E-state index contributed by atoms with van der Waals surface area (Å²) in [7, 11) is 0. The first-order chi connectivity index (χ1) is 10.1. The second kappa shape index (κ2) is 7.52. The third-order valence-corrected chi connectivity index (χ3v) is 4.30. The molecular weight excluding hydrogens is 330 g/mol. The average Bonchev–Trinajstić information content (AvgIpc) is 2.47. The second-order valence-corrected chi connectivity index (χ2v) is 5.79. The van der Waals surface area contributed by atoms with E-state index in [9.17, 15) is 0 Å². The molecule has 0 spiro atoms. The van der Waals surface area contributed by atoms with E-state index in [1.165, 1.54) is 0 Å². The number of halogens is 1. The molecule has 112 valence electrons. The molecule has 5 heteroatoms. The highest BCUT2D eigenvalue weighted by Gasteiger charge is 2.05. The molecule has 0 saturated carbocycles. The van der Waals surface area contributed by atoms with E-state index in [1.54, 1.807) is 12.4 Å². The van der Waals surface area contributed by atoms with Crippen LogP contribution in [0.2, 0.25) is 0 Å². The highest BCUT2D eigenvalue weighted by molar-refractivity contribution is 9.10. The number of nitrogens with one attached hydrogen (secondary N) is 1. The second-order valence-electron chi connectivity index (χ2n) is 5.00. The molecule has 0 aliphatic carbocycles. The summed E-state index contributed by atoms with van der Waals surface area (Å²) in [6.07, 6.45) is 4.52. The lowest BCUT2D eigenvalue weighted by Gasteiger charge is -2.09. The Labute approximate surface area is 134 Å². The van der Waals surface area contributed by atoms with Crippen molar-refractivity contribution in [3.8, 4) is 11.6 Å². The van der Waals surface area contributed by atoms with E-state index in [0.717, 1.165) is 46.6 Å². The predicted octanol–water partition coefficient (Wildman–Crippen LogP) is 4.15. The van der Waals surface area contributed by atoms with Crippen LogP contribution in [0.3, 0.4) is 0 Å². The van der Waals surface area contributed by atoms with E-state index >= 15 is 0 Å². The fourth-order valence-electron chi connectivity index (χ4n) is 1.97. The molecule has 0 saturated heterocycles. The molecule has 0 aliphatic heterocycles. The third kappa shape index (κ3) is 4.51. The van der Waals surface area contributed by atoms with Crippen LogP contribution in [0.25, 0.3) is 0 Å². The molecule has 0 aliphatic rings. The van der Waals surface area contributed by atoms with Crippen LogP contribution in [-0.4, -0.2) is 16.5 Å². The van der Waals surface area contributed by atoms with Gasteiger partial charge in [-0.05, 0) is 50.1 Å². The maximum absolute atomic E-state index is 5.76. The van der Waals surface area contributed by atoms with Crippen molar-refractivity contribution in [2.75, 3.05) is 6.54 Å². The van der Waals surface area contributed by atoms with E-state index in [1.807, 2.05) is 26.0 Å². The van der Waals surface area contributed by atoms with Crippen molar-refractivity contribution in [2.24, 2.45) is 0 Å². The predicted molar refractivity (Wildman–Crippen MR) is 87.7 cm³/mol. The van der Waals surface area contributed by atoms with E-state index in [2.05, 4.69) is 38.1 Å². The molecule has 0 amide bonds. The largest absolute Gasteiger partial charge is 0.437 e. The molecule has 1 heterocycles. The lowest BCUT2D eigenvalue weighted by atomic mass is 10.1. The molecule has 0 bridgehead atoms. The van der Waals surface area contributed by atoms with E-state index in [4.69, 9.17) is 4.74 Å². The first-order valence-corrected chi connectivity index (χ1v) is 7.85. The summed E-state index contributed by atoms with van der Waals surface area (Å²) < 4.78 is 6.87. The first kappa shape index (κ1) is 15.9. The summed E-state index contributed by atoms with van der Waals surface area (Å²) in [4.78, 5) is 8.65. The van der Waals surface area contributed by atoms with Crippen LogP contribution in [0.15, 0.2) is 29.0 Å². The molecule has 0 atom stereocenters. The Hall–Kier alpha value is -1.46. The van der Waals surface area contributed by atoms with Gasteiger partial charge in [-0.2, -0.15) is 0 Å². The minimum atomic E-state index is 0.510. The van der Waals surface area contributed by atoms with Crippen molar-refractivity contribution in [2.45, 2.75) is 33.7 Å². The normalized spacial score (nSPS) is 10.7. The molecule has 2 aromatic rings. The summed E-state index contributed by atoms with van der Waals surface area (Å²) in [5, 5.41) is 3.29. The number of rotatable bonds is 6. The summed E-state index contributed by atoms with van der Waals surface area (Å²) in [5.74, 6) is 1.29. The monoisotopic (exact) mass is 349 g/mol. The lowest BCUT2D eigenvalue weighted by Crippen LogP contribution is -2.14. The van der Waals surface area contributed by atoms with Crippen molar-refractivity contribution in [3.05, 3.63) is 45.8 Å². The first-order valence-electron chi connectivity index (χ1n) is 7.06. The van der Waals surface area contributed by atoms with Crippen molar-refractivity contribution < 1.29 is 4.74 Å². The van der Waals surface area contributed by atoms with Gasteiger partial charge in [0.15, 0.2) is 0 Å². The molecule has 1 N–H and O–H groups in total. The van der Waals surface area contributed by atoms with Crippen molar-refractivity contribution in [3.63, 3.8) is 0 Å². The molecule has 0 radical (unpaired) electrons. The van der Waals surface area contributed by atoms with Crippen molar-refractivity contribution in [1.82, 2.24) is 15.3 Å². The minimum Gasteiger partial charge on any atom is -0.437 e. The van der Waals surface area contributed by atoms with Crippen LogP contribution in [0.4, 0.5) is 0 Å². The Kier molecular flexibility index (Phi) is 5.70. The lowest BCUT2D eigenvalue weighted by molar-refractivity contribution is 0.458. The van der Waals surface area contributed by atoms with Gasteiger partial charge in [-0.15, -0.1) is 0 Å². The van der Waals surface area contributed by atoms with Crippen LogP contribution in [0.1, 0.15) is 30.2 Å². The maximum atomic E-state index is 5.76. The number of benzene rings is 1. The van der Waals surface area contributed by atoms with Gasteiger partial charge in [0.05, 0.1) is 18.1 Å². The summed E-state index contributed by atoms with van der Waals surface area (Å²) in [6, 6.07) is 3.96. The molecule has 4 nitrogen and oxygen atoms in total. The Bertz CT molecular complexity index is 576. The zero-order valence-corrected chi connectivity index (χ0v) is 14.2. The molecule has 1 aromatic carbocycles. The van der Waals surface area contributed by atoms with Gasteiger partial charge in [-0.3, -0.25) is 4.98 Å². The van der Waals surface area contributed by atoms with Gasteiger partial charge >= 0.3 is 0 Å². The zero-order chi connectivity index (χ0) is 15.2. The Morgan fingerprint density at radius 3 is 2.43 bits per heavy atom. The standard InChI is InChI=1S/C16H20BrN3O/c1-4-5-18-8-13-9-20-15(10-19-13)21-14-6-11(2)16(17)12(3)7-14/h6-7,9-10,18H,4-5,8H2,1-3H3. The number of nitrogens with zero attached hydrogens (tertiary/aromatic N) is 2. The summed E-state index contributed by atoms with van der Waals surface area (Å²) in [5.41, 5.74) is 3.19. The minimum absolute atomic E-state index is 0.510. The fourth-order valence-corrected chi connectivity index (χ4v) is 2.19. The highest BCUT2D eigenvalue weighted by atomic mass is 79.9. The van der Waals surface area contributed by atoms with Gasteiger partial charge in [0, 0.05) is 11.0 Å². The zero-order valence-electron chi connectivity index (χ0n) is 12.6. The molecule has 21 heavy (non-hydrogen) atoms. The van der Waals surface area contributed by atoms with Gasteiger partial charge in [0.1, 0.15) is 5.75 Å². The van der Waals surface area contributed by atoms with Crippen LogP contribution in [0.5, 0.6) is 11.6 Å². The SMILES string of the molecule is CCCNCc1cnc(Oc2cc(C)c(Br)c(C)c2)cn1. The smallest absolute Gasteiger partial charge is 0.237 e. The molecular formula is C16H20BrN3O. The van der Waals surface area contributed by atoms with Gasteiger partial charge in [-0.1, -0.05) is 22.9 Å². The van der Waals surface area contributed by atoms with Crippen LogP contribution < -0.4 is 10.1 Å². The summed E-state index contributed by atoms with van der Waals surface area (Å²) in [6.45, 7) is 7.93. The molecule has 1 aromatic heterocycles. The van der Waals surface area contributed by atoms with Crippen molar-refractivity contribution >= 4 is 15.9 Å². The fraction of sp³-hybridized carbons (Fsp3) is 0.375. The van der Waals surface area contributed by atoms with Gasteiger partial charge in [-0.25, -0.2) is 4.98 Å². The maximum Gasteiger partial charge on any atom is 0.237 e. The molecule has 0 unspecified atom stereocenters. The number of hydrogen-bond donors (Lipinski definition) is 1. The van der Waals surface area contributed by atoms with Crippen LogP contribution >= 0.6 is 15.9 Å². The van der Waals surface area contributed by atoms with Gasteiger partial charge in [0.2, 0.25) is 5.88 Å². The average molecular weight is 350 g/mol. The number of aryl methyl sites for hydroxylation is 2.